The molecule has 0 unspecified atom stereocenters. The Morgan fingerprint density at radius 1 is 1.07 bits per heavy atom. The number of carbonyl (C=O) groups excluding carboxylic acids is 1. The number of nitrogens with one attached hydrogen (secondary N) is 2. The fraction of sp³-hybridized carbons (Fsp3) is 0.136. The van der Waals surface area contributed by atoms with E-state index in [1.807, 2.05) is 73.8 Å². The van der Waals surface area contributed by atoms with Gasteiger partial charge in [-0.05, 0) is 54.1 Å². The average Bonchev–Trinajstić information content (AvgIpc) is 3.37. The molecule has 0 saturated heterocycles. The number of hydrogen-bond acceptors (Lipinski definition) is 5. The molecule has 5 nitrogen and oxygen atoms in total. The van der Waals surface area contributed by atoms with Crippen molar-refractivity contribution in [2.24, 2.45) is 0 Å². The summed E-state index contributed by atoms with van der Waals surface area (Å²) >= 11 is 2.93. The van der Waals surface area contributed by atoms with Crippen LogP contribution >= 0.6 is 23.1 Å². The number of rotatable bonds is 6. The number of aryl methyl sites for hydroxylation is 2. The Morgan fingerprint density at radius 3 is 2.52 bits per heavy atom. The summed E-state index contributed by atoms with van der Waals surface area (Å²) in [5.74, 6) is 0.609. The van der Waals surface area contributed by atoms with E-state index >= 15 is 0 Å². The zero-order valence-electron chi connectivity index (χ0n) is 16.0. The van der Waals surface area contributed by atoms with Gasteiger partial charge in [-0.2, -0.15) is 0 Å². The third-order valence-electron chi connectivity index (χ3n) is 4.27. The quantitative estimate of drug-likeness (QED) is 0.397. The SMILES string of the molecule is Cc1cc(C)cc(NC(=O)[C@H](Sc2n[nH]c(-c3cccs3)n2)c2ccccc2)c1. The number of aromatic nitrogens is 3. The Labute approximate surface area is 177 Å². The van der Waals surface area contributed by atoms with Crippen LogP contribution in [0.3, 0.4) is 0 Å². The summed E-state index contributed by atoms with van der Waals surface area (Å²) in [7, 11) is 0. The Bertz CT molecular complexity index is 1090. The number of thiophene rings is 1. The molecule has 4 rings (SSSR count). The van der Waals surface area contributed by atoms with E-state index in [9.17, 15) is 4.79 Å². The summed E-state index contributed by atoms with van der Waals surface area (Å²) in [4.78, 5) is 18.8. The van der Waals surface area contributed by atoms with Crippen LogP contribution in [-0.4, -0.2) is 21.1 Å². The molecule has 1 amide bonds. The predicted molar refractivity (Wildman–Crippen MR) is 119 cm³/mol. The maximum Gasteiger partial charge on any atom is 0.242 e. The minimum Gasteiger partial charge on any atom is -0.325 e. The number of H-pyrrole nitrogens is 1. The van der Waals surface area contributed by atoms with Gasteiger partial charge in [0.05, 0.1) is 4.88 Å². The van der Waals surface area contributed by atoms with Gasteiger partial charge in [-0.15, -0.1) is 16.4 Å². The molecule has 2 aromatic heterocycles. The molecule has 2 heterocycles. The van der Waals surface area contributed by atoms with Crippen LogP contribution in [0.15, 0.2) is 71.2 Å². The van der Waals surface area contributed by atoms with Gasteiger partial charge in [0.1, 0.15) is 5.25 Å². The molecule has 2 aromatic carbocycles. The summed E-state index contributed by atoms with van der Waals surface area (Å²) < 4.78 is 0. The molecule has 2 N–H and O–H groups in total. The lowest BCUT2D eigenvalue weighted by atomic mass is 10.1. The Morgan fingerprint density at radius 2 is 1.83 bits per heavy atom. The molecule has 0 aliphatic heterocycles. The second-order valence-electron chi connectivity index (χ2n) is 6.72. The van der Waals surface area contributed by atoms with E-state index in [4.69, 9.17) is 0 Å². The molecule has 29 heavy (non-hydrogen) atoms. The van der Waals surface area contributed by atoms with Crippen molar-refractivity contribution in [1.82, 2.24) is 15.2 Å². The zero-order valence-corrected chi connectivity index (χ0v) is 17.7. The Hall–Kier alpha value is -2.90. The van der Waals surface area contributed by atoms with Crippen LogP contribution in [0.5, 0.6) is 0 Å². The van der Waals surface area contributed by atoms with Gasteiger partial charge < -0.3 is 5.32 Å². The summed E-state index contributed by atoms with van der Waals surface area (Å²) in [5, 5.41) is 12.4. The van der Waals surface area contributed by atoms with E-state index in [1.165, 1.54) is 11.8 Å². The molecule has 0 saturated carbocycles. The first kappa shape index (κ1) is 19.4. The molecule has 0 radical (unpaired) electrons. The van der Waals surface area contributed by atoms with Crippen LogP contribution in [-0.2, 0) is 4.79 Å². The Balaban J connectivity index is 1.59. The number of benzene rings is 2. The zero-order chi connectivity index (χ0) is 20.2. The number of thioether (sulfide) groups is 1. The summed E-state index contributed by atoms with van der Waals surface area (Å²) in [6.07, 6.45) is 0. The molecule has 146 valence electrons. The number of carbonyl (C=O) groups is 1. The number of hydrogen-bond donors (Lipinski definition) is 2. The van der Waals surface area contributed by atoms with Gasteiger partial charge in [0.2, 0.25) is 11.1 Å². The number of anilines is 1. The maximum atomic E-state index is 13.2. The van der Waals surface area contributed by atoms with E-state index in [2.05, 4.69) is 26.6 Å². The van der Waals surface area contributed by atoms with Crippen LogP contribution in [0.1, 0.15) is 21.9 Å². The van der Waals surface area contributed by atoms with Crippen molar-refractivity contribution < 1.29 is 4.79 Å². The monoisotopic (exact) mass is 420 g/mol. The van der Waals surface area contributed by atoms with Gasteiger partial charge >= 0.3 is 0 Å². The normalized spacial score (nSPS) is 11.9. The van der Waals surface area contributed by atoms with E-state index in [1.54, 1.807) is 11.3 Å². The van der Waals surface area contributed by atoms with Crippen molar-refractivity contribution in [3.8, 4) is 10.7 Å². The van der Waals surface area contributed by atoms with Crippen LogP contribution in [0.25, 0.3) is 10.7 Å². The minimum atomic E-state index is -0.469. The smallest absolute Gasteiger partial charge is 0.242 e. The third-order valence-corrected chi connectivity index (χ3v) is 6.26. The van der Waals surface area contributed by atoms with E-state index in [0.29, 0.717) is 11.0 Å². The van der Waals surface area contributed by atoms with Crippen molar-refractivity contribution in [2.45, 2.75) is 24.3 Å². The van der Waals surface area contributed by atoms with Gasteiger partial charge in [0.15, 0.2) is 5.82 Å². The highest BCUT2D eigenvalue weighted by atomic mass is 32.2. The fourth-order valence-corrected chi connectivity index (χ4v) is 4.66. The van der Waals surface area contributed by atoms with E-state index in [-0.39, 0.29) is 5.91 Å². The molecule has 0 aliphatic carbocycles. The first-order valence-corrected chi connectivity index (χ1v) is 10.9. The summed E-state index contributed by atoms with van der Waals surface area (Å²) in [6.45, 7) is 4.04. The highest BCUT2D eigenvalue weighted by Gasteiger charge is 2.24. The third kappa shape index (κ3) is 4.75. The summed E-state index contributed by atoms with van der Waals surface area (Å²) in [5.41, 5.74) is 3.92. The lowest BCUT2D eigenvalue weighted by Crippen LogP contribution is -2.19. The van der Waals surface area contributed by atoms with E-state index in [0.717, 1.165) is 27.3 Å². The number of amides is 1. The van der Waals surface area contributed by atoms with Crippen molar-refractivity contribution in [3.05, 3.63) is 82.7 Å². The maximum absolute atomic E-state index is 13.2. The standard InChI is InChI=1S/C22H20N4OS2/c1-14-11-15(2)13-17(12-14)23-21(27)19(16-7-4-3-5-8-16)29-22-24-20(25-26-22)18-9-6-10-28-18/h3-13,19H,1-2H3,(H,23,27)(H,24,25,26)/t19-/m1/s1. The first-order chi connectivity index (χ1) is 14.1. The molecule has 7 heteroatoms. The molecule has 1 atom stereocenters. The molecule has 0 fully saturated rings. The lowest BCUT2D eigenvalue weighted by Gasteiger charge is -2.16. The van der Waals surface area contributed by atoms with Crippen LogP contribution in [0.4, 0.5) is 5.69 Å². The molecule has 0 bridgehead atoms. The minimum absolute atomic E-state index is 0.103. The molecular weight excluding hydrogens is 400 g/mol. The number of aromatic amines is 1. The molecule has 0 spiro atoms. The summed E-state index contributed by atoms with van der Waals surface area (Å²) in [6, 6.07) is 19.7. The van der Waals surface area contributed by atoms with Gasteiger partial charge in [0, 0.05) is 5.69 Å². The van der Waals surface area contributed by atoms with Crippen molar-refractivity contribution >= 4 is 34.7 Å². The topological polar surface area (TPSA) is 70.7 Å². The highest BCUT2D eigenvalue weighted by molar-refractivity contribution is 8.00. The van der Waals surface area contributed by atoms with Crippen molar-refractivity contribution in [2.75, 3.05) is 5.32 Å². The van der Waals surface area contributed by atoms with Gasteiger partial charge in [-0.3, -0.25) is 9.89 Å². The van der Waals surface area contributed by atoms with Crippen LogP contribution in [0.2, 0.25) is 0 Å². The largest absolute Gasteiger partial charge is 0.325 e. The fourth-order valence-electron chi connectivity index (χ4n) is 3.08. The Kier molecular flexibility index (Phi) is 5.78. The predicted octanol–water partition coefficient (Wildman–Crippen LogP) is 5.62. The van der Waals surface area contributed by atoms with Gasteiger partial charge in [-0.25, -0.2) is 4.98 Å². The van der Waals surface area contributed by atoms with Crippen molar-refractivity contribution in [1.29, 1.82) is 0 Å². The lowest BCUT2D eigenvalue weighted by molar-refractivity contribution is -0.115. The molecular formula is C22H20N4OS2. The second-order valence-corrected chi connectivity index (χ2v) is 8.74. The first-order valence-electron chi connectivity index (χ1n) is 9.15. The van der Waals surface area contributed by atoms with Crippen LogP contribution in [0, 0.1) is 13.8 Å². The van der Waals surface area contributed by atoms with Gasteiger partial charge in [0.25, 0.3) is 0 Å². The van der Waals surface area contributed by atoms with Gasteiger partial charge in [-0.1, -0.05) is 54.2 Å². The van der Waals surface area contributed by atoms with Crippen molar-refractivity contribution in [3.63, 3.8) is 0 Å². The highest BCUT2D eigenvalue weighted by Crippen LogP contribution is 2.35. The van der Waals surface area contributed by atoms with Crippen LogP contribution < -0.4 is 5.32 Å². The second kappa shape index (κ2) is 8.63. The molecule has 0 aliphatic rings. The molecule has 4 aromatic rings. The number of nitrogens with zero attached hydrogens (tertiary/aromatic N) is 2. The van der Waals surface area contributed by atoms with E-state index < -0.39 is 5.25 Å². The average molecular weight is 421 g/mol.